The van der Waals surface area contributed by atoms with Crippen LogP contribution in [0.25, 0.3) is 0 Å². The highest BCUT2D eigenvalue weighted by Gasteiger charge is 2.12. The molecule has 1 aromatic carbocycles. The van der Waals surface area contributed by atoms with E-state index in [0.717, 1.165) is 11.1 Å². The van der Waals surface area contributed by atoms with Gasteiger partial charge in [-0.3, -0.25) is 0 Å². The minimum Gasteiger partial charge on any atom is -0.493 e. The van der Waals surface area contributed by atoms with Gasteiger partial charge in [-0.1, -0.05) is 11.6 Å². The first-order valence-electron chi connectivity index (χ1n) is 6.22. The van der Waals surface area contributed by atoms with Crippen LogP contribution in [0.2, 0.25) is 5.02 Å². The molecular formula is C15H14ClN3O2. The summed E-state index contributed by atoms with van der Waals surface area (Å²) in [5, 5.41) is 9.38. The lowest BCUT2D eigenvalue weighted by Crippen LogP contribution is -2.05. The van der Waals surface area contributed by atoms with Crippen LogP contribution in [0, 0.1) is 11.3 Å². The third-order valence-corrected chi connectivity index (χ3v) is 3.08. The van der Waals surface area contributed by atoms with Gasteiger partial charge in [-0.05, 0) is 23.8 Å². The van der Waals surface area contributed by atoms with Gasteiger partial charge in [-0.15, -0.1) is 0 Å². The van der Waals surface area contributed by atoms with Crippen LogP contribution in [0.5, 0.6) is 11.5 Å². The number of nitrogens with zero attached hydrogens (tertiary/aromatic N) is 2. The fraction of sp³-hybridized carbons (Fsp3) is 0.200. The zero-order valence-corrected chi connectivity index (χ0v) is 12.2. The van der Waals surface area contributed by atoms with Gasteiger partial charge < -0.3 is 15.2 Å². The van der Waals surface area contributed by atoms with Crippen LogP contribution in [0.15, 0.2) is 30.5 Å². The van der Waals surface area contributed by atoms with E-state index in [9.17, 15) is 0 Å². The molecule has 2 aromatic rings. The van der Waals surface area contributed by atoms with E-state index in [-0.39, 0.29) is 13.2 Å². The molecule has 108 valence electrons. The molecule has 0 unspecified atom stereocenters. The van der Waals surface area contributed by atoms with Crippen molar-refractivity contribution < 1.29 is 9.47 Å². The van der Waals surface area contributed by atoms with Crippen LogP contribution in [0.1, 0.15) is 16.8 Å². The summed E-state index contributed by atoms with van der Waals surface area (Å²) in [4.78, 5) is 3.91. The van der Waals surface area contributed by atoms with Crippen LogP contribution in [-0.2, 0) is 13.2 Å². The molecule has 1 aromatic heterocycles. The van der Waals surface area contributed by atoms with Crippen molar-refractivity contribution in [2.45, 2.75) is 13.2 Å². The van der Waals surface area contributed by atoms with Crippen molar-refractivity contribution in [2.75, 3.05) is 7.11 Å². The van der Waals surface area contributed by atoms with Gasteiger partial charge in [0, 0.05) is 29.4 Å². The molecule has 0 fully saturated rings. The van der Waals surface area contributed by atoms with Gasteiger partial charge in [0.05, 0.1) is 7.11 Å². The molecule has 6 heteroatoms. The SMILES string of the molecule is COc1cc(Cl)cc(CN)c1OCc1ccnc(C#N)c1. The smallest absolute Gasteiger partial charge is 0.166 e. The number of rotatable bonds is 5. The van der Waals surface area contributed by atoms with Gasteiger partial charge in [0.25, 0.3) is 0 Å². The van der Waals surface area contributed by atoms with Gasteiger partial charge in [0.2, 0.25) is 0 Å². The molecular weight excluding hydrogens is 290 g/mol. The lowest BCUT2D eigenvalue weighted by atomic mass is 10.2. The van der Waals surface area contributed by atoms with Crippen LogP contribution in [-0.4, -0.2) is 12.1 Å². The zero-order chi connectivity index (χ0) is 15.2. The summed E-state index contributed by atoms with van der Waals surface area (Å²) in [6.45, 7) is 0.564. The molecule has 0 saturated heterocycles. The summed E-state index contributed by atoms with van der Waals surface area (Å²) in [5.74, 6) is 1.08. The molecule has 21 heavy (non-hydrogen) atoms. The summed E-state index contributed by atoms with van der Waals surface area (Å²) in [7, 11) is 1.54. The average molecular weight is 304 g/mol. The maximum atomic E-state index is 8.84. The largest absolute Gasteiger partial charge is 0.493 e. The Hall–Kier alpha value is -2.29. The van der Waals surface area contributed by atoms with Crippen LogP contribution >= 0.6 is 11.6 Å². The van der Waals surface area contributed by atoms with E-state index >= 15 is 0 Å². The normalized spacial score (nSPS) is 10.0. The second kappa shape index (κ2) is 6.93. The second-order valence-corrected chi connectivity index (χ2v) is 4.69. The fourth-order valence-corrected chi connectivity index (χ4v) is 2.10. The van der Waals surface area contributed by atoms with Gasteiger partial charge in [-0.2, -0.15) is 5.26 Å². The van der Waals surface area contributed by atoms with Crippen LogP contribution in [0.3, 0.4) is 0 Å². The van der Waals surface area contributed by atoms with E-state index in [0.29, 0.717) is 22.2 Å². The number of aromatic nitrogens is 1. The first-order valence-corrected chi connectivity index (χ1v) is 6.60. The van der Waals surface area contributed by atoms with Gasteiger partial charge in [0.15, 0.2) is 11.5 Å². The predicted molar refractivity (Wildman–Crippen MR) is 79.2 cm³/mol. The molecule has 0 radical (unpaired) electrons. The Morgan fingerprint density at radius 3 is 2.86 bits per heavy atom. The molecule has 1 heterocycles. The van der Waals surface area contributed by atoms with Crippen molar-refractivity contribution in [3.8, 4) is 17.6 Å². The Kier molecular flexibility index (Phi) is 4.99. The topological polar surface area (TPSA) is 81.2 Å². The van der Waals surface area contributed by atoms with Crippen molar-refractivity contribution in [1.82, 2.24) is 4.98 Å². The Morgan fingerprint density at radius 2 is 2.19 bits per heavy atom. The molecule has 0 atom stereocenters. The van der Waals surface area contributed by atoms with E-state index in [2.05, 4.69) is 4.98 Å². The number of hydrogen-bond acceptors (Lipinski definition) is 5. The molecule has 0 saturated carbocycles. The number of benzene rings is 1. The Bertz CT molecular complexity index is 658. The highest BCUT2D eigenvalue weighted by atomic mass is 35.5. The number of nitrogens with two attached hydrogens (primary N) is 1. The van der Waals surface area contributed by atoms with Crippen LogP contribution < -0.4 is 15.2 Å². The standard InChI is InChI=1S/C15H14ClN3O2/c1-20-14-6-12(16)5-11(7-17)15(14)21-9-10-2-3-19-13(4-10)8-18/h2-6H,7,9,17H2,1H3. The minimum absolute atomic E-state index is 0.280. The number of halogens is 1. The summed E-state index contributed by atoms with van der Waals surface area (Å²) in [6, 6.07) is 8.86. The Labute approximate surface area is 127 Å². The average Bonchev–Trinajstić information content (AvgIpc) is 2.52. The van der Waals surface area contributed by atoms with Crippen LogP contribution in [0.4, 0.5) is 0 Å². The molecule has 0 spiro atoms. The molecule has 0 aliphatic heterocycles. The van der Waals surface area contributed by atoms with Gasteiger partial charge >= 0.3 is 0 Å². The minimum atomic E-state index is 0.280. The van der Waals surface area contributed by atoms with Crippen molar-refractivity contribution in [2.24, 2.45) is 5.73 Å². The molecule has 0 aliphatic rings. The Morgan fingerprint density at radius 1 is 1.38 bits per heavy atom. The summed E-state index contributed by atoms with van der Waals surface area (Å²) >= 11 is 6.00. The summed E-state index contributed by atoms with van der Waals surface area (Å²) in [5.41, 5.74) is 7.65. The summed E-state index contributed by atoms with van der Waals surface area (Å²) in [6.07, 6.45) is 1.57. The maximum absolute atomic E-state index is 8.84. The van der Waals surface area contributed by atoms with Crippen molar-refractivity contribution >= 4 is 11.6 Å². The van der Waals surface area contributed by atoms with Crippen molar-refractivity contribution in [3.63, 3.8) is 0 Å². The highest BCUT2D eigenvalue weighted by molar-refractivity contribution is 6.30. The molecule has 2 rings (SSSR count). The first kappa shape index (κ1) is 15.1. The maximum Gasteiger partial charge on any atom is 0.166 e. The predicted octanol–water partition coefficient (Wildman–Crippen LogP) is 2.65. The summed E-state index contributed by atoms with van der Waals surface area (Å²) < 4.78 is 11.1. The molecule has 5 nitrogen and oxygen atoms in total. The molecule has 0 aliphatic carbocycles. The van der Waals surface area contributed by atoms with E-state index < -0.39 is 0 Å². The monoisotopic (exact) mass is 303 g/mol. The van der Waals surface area contributed by atoms with Gasteiger partial charge in [0.1, 0.15) is 18.4 Å². The lowest BCUT2D eigenvalue weighted by Gasteiger charge is -2.15. The van der Waals surface area contributed by atoms with Crippen molar-refractivity contribution in [1.29, 1.82) is 5.26 Å². The number of ether oxygens (including phenoxy) is 2. The fourth-order valence-electron chi connectivity index (χ4n) is 1.87. The number of methoxy groups -OCH3 is 1. The molecule has 0 bridgehead atoms. The number of pyridine rings is 1. The second-order valence-electron chi connectivity index (χ2n) is 4.25. The first-order chi connectivity index (χ1) is 10.2. The number of nitriles is 1. The van der Waals surface area contributed by atoms with E-state index in [4.69, 9.17) is 32.1 Å². The van der Waals surface area contributed by atoms with E-state index in [1.54, 1.807) is 37.6 Å². The molecule has 2 N–H and O–H groups in total. The third kappa shape index (κ3) is 3.63. The zero-order valence-electron chi connectivity index (χ0n) is 11.5. The van der Waals surface area contributed by atoms with Gasteiger partial charge in [-0.25, -0.2) is 4.98 Å². The van der Waals surface area contributed by atoms with Crippen molar-refractivity contribution in [3.05, 3.63) is 52.3 Å². The quantitative estimate of drug-likeness (QED) is 0.918. The lowest BCUT2D eigenvalue weighted by molar-refractivity contribution is 0.281. The number of hydrogen-bond donors (Lipinski definition) is 1. The van der Waals surface area contributed by atoms with E-state index in [1.165, 1.54) is 0 Å². The Balaban J connectivity index is 2.25. The van der Waals surface area contributed by atoms with E-state index in [1.807, 2.05) is 6.07 Å². The molecule has 0 amide bonds. The highest BCUT2D eigenvalue weighted by Crippen LogP contribution is 2.35. The third-order valence-electron chi connectivity index (χ3n) is 2.86.